The summed E-state index contributed by atoms with van der Waals surface area (Å²) in [5.41, 5.74) is -0.467. The summed E-state index contributed by atoms with van der Waals surface area (Å²) in [6, 6.07) is 5.01. The van der Waals surface area contributed by atoms with Crippen LogP contribution in [0.5, 0.6) is 5.75 Å². The fourth-order valence-electron chi connectivity index (χ4n) is 1.41. The van der Waals surface area contributed by atoms with Gasteiger partial charge in [0.25, 0.3) is 12.3 Å². The van der Waals surface area contributed by atoms with Crippen LogP contribution >= 0.6 is 11.5 Å². The molecule has 2 rings (SSSR count). The molecule has 0 unspecified atom stereocenters. The fraction of sp³-hybridized carbons (Fsp3) is 0.182. The molecule has 0 aliphatic rings. The molecule has 112 valence electrons. The first-order valence-electron chi connectivity index (χ1n) is 5.44. The highest BCUT2D eigenvalue weighted by atomic mass is 32.1. The predicted octanol–water partition coefficient (Wildman–Crippen LogP) is 3.33. The van der Waals surface area contributed by atoms with Crippen LogP contribution in [0.25, 0.3) is 0 Å². The summed E-state index contributed by atoms with van der Waals surface area (Å²) in [4.78, 5) is 11.5. The van der Waals surface area contributed by atoms with E-state index in [1.807, 2.05) is 0 Å². The van der Waals surface area contributed by atoms with E-state index in [0.717, 1.165) is 0 Å². The third kappa shape index (κ3) is 3.88. The van der Waals surface area contributed by atoms with Crippen LogP contribution in [0, 0.1) is 0 Å². The van der Waals surface area contributed by atoms with E-state index in [9.17, 15) is 22.4 Å². The highest BCUT2D eigenvalue weighted by molar-refractivity contribution is 7.08. The molecule has 1 aromatic heterocycles. The lowest BCUT2D eigenvalue weighted by atomic mass is 10.3. The predicted molar refractivity (Wildman–Crippen MR) is 65.9 cm³/mol. The van der Waals surface area contributed by atoms with Gasteiger partial charge in [-0.1, -0.05) is 4.49 Å². The first-order valence-corrected chi connectivity index (χ1v) is 6.21. The van der Waals surface area contributed by atoms with E-state index in [0.29, 0.717) is 11.5 Å². The van der Waals surface area contributed by atoms with Gasteiger partial charge in [-0.2, -0.15) is 8.78 Å². The van der Waals surface area contributed by atoms with Crippen LogP contribution in [0.15, 0.2) is 24.3 Å². The number of hydrogen-bond donors (Lipinski definition) is 1. The van der Waals surface area contributed by atoms with Crippen molar-refractivity contribution in [1.29, 1.82) is 0 Å². The Morgan fingerprint density at radius 2 is 1.86 bits per heavy atom. The molecule has 0 saturated heterocycles. The van der Waals surface area contributed by atoms with Crippen molar-refractivity contribution in [2.75, 3.05) is 5.32 Å². The number of nitrogens with zero attached hydrogens (tertiary/aromatic N) is 2. The van der Waals surface area contributed by atoms with Gasteiger partial charge in [0.05, 0.1) is 0 Å². The molecule has 0 bridgehead atoms. The number of benzene rings is 1. The lowest BCUT2D eigenvalue weighted by Crippen LogP contribution is -2.12. The van der Waals surface area contributed by atoms with Crippen molar-refractivity contribution in [3.63, 3.8) is 0 Å². The number of alkyl halides is 4. The number of aromatic nitrogens is 2. The van der Waals surface area contributed by atoms with Crippen LogP contribution in [0.3, 0.4) is 0 Å². The van der Waals surface area contributed by atoms with E-state index in [1.165, 1.54) is 24.3 Å². The number of carbonyl (C=O) groups is 1. The summed E-state index contributed by atoms with van der Waals surface area (Å²) in [6.45, 7) is -2.96. The number of halogens is 4. The molecule has 2 aromatic rings. The van der Waals surface area contributed by atoms with E-state index in [4.69, 9.17) is 0 Å². The number of rotatable bonds is 5. The quantitative estimate of drug-likeness (QED) is 0.858. The highest BCUT2D eigenvalue weighted by Crippen LogP contribution is 2.24. The standard InChI is InChI=1S/C11H7F4N3O2S/c12-9(13)7-8(21-18-17-7)10(19)16-5-1-3-6(4-2-5)20-11(14)15/h1-4,9,11H,(H,16,19). The summed E-state index contributed by atoms with van der Waals surface area (Å²) in [5, 5.41) is 5.51. The van der Waals surface area contributed by atoms with Crippen molar-refractivity contribution < 1.29 is 27.1 Å². The molecular weight excluding hydrogens is 314 g/mol. The van der Waals surface area contributed by atoms with E-state index < -0.39 is 24.6 Å². The van der Waals surface area contributed by atoms with Gasteiger partial charge in [0.2, 0.25) is 0 Å². The molecule has 1 aromatic carbocycles. The maximum Gasteiger partial charge on any atom is 0.387 e. The van der Waals surface area contributed by atoms with E-state index in [-0.39, 0.29) is 16.3 Å². The second-order valence-electron chi connectivity index (χ2n) is 3.65. The van der Waals surface area contributed by atoms with Crippen molar-refractivity contribution in [2.45, 2.75) is 13.0 Å². The zero-order valence-corrected chi connectivity index (χ0v) is 10.9. The molecule has 1 N–H and O–H groups in total. The van der Waals surface area contributed by atoms with Crippen molar-refractivity contribution in [1.82, 2.24) is 9.59 Å². The minimum atomic E-state index is -2.96. The molecule has 0 radical (unpaired) electrons. The average molecular weight is 321 g/mol. The van der Waals surface area contributed by atoms with Crippen LogP contribution in [-0.2, 0) is 0 Å². The van der Waals surface area contributed by atoms with Crippen molar-refractivity contribution in [3.8, 4) is 5.75 Å². The number of carbonyl (C=O) groups excluding carboxylic acids is 1. The van der Waals surface area contributed by atoms with E-state index >= 15 is 0 Å². The van der Waals surface area contributed by atoms with Crippen LogP contribution in [-0.4, -0.2) is 22.1 Å². The van der Waals surface area contributed by atoms with Gasteiger partial charge in [-0.15, -0.1) is 5.10 Å². The number of anilines is 1. The molecule has 21 heavy (non-hydrogen) atoms. The maximum absolute atomic E-state index is 12.6. The Labute approximate surface area is 119 Å². The molecule has 1 heterocycles. The molecule has 1 amide bonds. The Kier molecular flexibility index (Phi) is 4.68. The molecule has 0 spiro atoms. The summed E-state index contributed by atoms with van der Waals surface area (Å²) in [7, 11) is 0. The second kappa shape index (κ2) is 6.48. The third-order valence-corrected chi connectivity index (χ3v) is 3.00. The van der Waals surface area contributed by atoms with Gasteiger partial charge >= 0.3 is 6.61 Å². The second-order valence-corrected chi connectivity index (χ2v) is 4.40. The number of ether oxygens (including phenoxy) is 1. The Morgan fingerprint density at radius 3 is 2.43 bits per heavy atom. The van der Waals surface area contributed by atoms with Crippen LogP contribution in [0.1, 0.15) is 21.8 Å². The summed E-state index contributed by atoms with van der Waals surface area (Å²) >= 11 is 0.540. The maximum atomic E-state index is 12.6. The van der Waals surface area contributed by atoms with Gasteiger partial charge in [-0.05, 0) is 35.8 Å². The van der Waals surface area contributed by atoms with Gasteiger partial charge in [-0.3, -0.25) is 4.79 Å². The van der Waals surface area contributed by atoms with Crippen LogP contribution in [0.2, 0.25) is 0 Å². The Hall–Kier alpha value is -2.23. The molecule has 0 fully saturated rings. The molecule has 0 atom stereocenters. The molecule has 10 heteroatoms. The van der Waals surface area contributed by atoms with E-state index in [2.05, 4.69) is 19.6 Å². The third-order valence-electron chi connectivity index (χ3n) is 2.26. The van der Waals surface area contributed by atoms with Gasteiger partial charge in [0.1, 0.15) is 10.6 Å². The summed E-state index contributed by atoms with van der Waals surface area (Å²) in [6.07, 6.45) is -2.91. The monoisotopic (exact) mass is 321 g/mol. The SMILES string of the molecule is O=C(Nc1ccc(OC(F)F)cc1)c1snnc1C(F)F. The zero-order valence-electron chi connectivity index (χ0n) is 10.1. The highest BCUT2D eigenvalue weighted by Gasteiger charge is 2.23. The molecule has 0 aliphatic heterocycles. The largest absolute Gasteiger partial charge is 0.435 e. The summed E-state index contributed by atoms with van der Waals surface area (Å²) in [5.74, 6) is -0.890. The Morgan fingerprint density at radius 1 is 1.19 bits per heavy atom. The first kappa shape index (κ1) is 15.2. The number of nitrogens with one attached hydrogen (secondary N) is 1. The summed E-state index contributed by atoms with van der Waals surface area (Å²) < 4.78 is 56.5. The zero-order chi connectivity index (χ0) is 15.4. The van der Waals surface area contributed by atoms with Crippen molar-refractivity contribution in [2.24, 2.45) is 0 Å². The molecule has 5 nitrogen and oxygen atoms in total. The Balaban J connectivity index is 2.07. The normalized spacial score (nSPS) is 11.0. The average Bonchev–Trinajstić information content (AvgIpc) is 2.90. The lowest BCUT2D eigenvalue weighted by Gasteiger charge is -2.07. The molecular formula is C11H7F4N3O2S. The smallest absolute Gasteiger partial charge is 0.387 e. The van der Waals surface area contributed by atoms with Gasteiger partial charge in [0.15, 0.2) is 5.69 Å². The van der Waals surface area contributed by atoms with Crippen molar-refractivity contribution in [3.05, 3.63) is 34.8 Å². The van der Waals surface area contributed by atoms with Gasteiger partial charge in [0, 0.05) is 5.69 Å². The molecule has 0 aliphatic carbocycles. The Bertz CT molecular complexity index is 618. The number of hydrogen-bond acceptors (Lipinski definition) is 5. The lowest BCUT2D eigenvalue weighted by molar-refractivity contribution is -0.0498. The topological polar surface area (TPSA) is 64.1 Å². The van der Waals surface area contributed by atoms with Gasteiger partial charge < -0.3 is 10.1 Å². The van der Waals surface area contributed by atoms with Crippen LogP contribution in [0.4, 0.5) is 23.2 Å². The number of amides is 1. The fourth-order valence-corrected chi connectivity index (χ4v) is 1.97. The van der Waals surface area contributed by atoms with E-state index in [1.54, 1.807) is 0 Å². The van der Waals surface area contributed by atoms with Crippen LogP contribution < -0.4 is 10.1 Å². The minimum Gasteiger partial charge on any atom is -0.435 e. The molecule has 0 saturated carbocycles. The van der Waals surface area contributed by atoms with Gasteiger partial charge in [-0.25, -0.2) is 8.78 Å². The van der Waals surface area contributed by atoms with Crippen molar-refractivity contribution >= 4 is 23.1 Å². The minimum absolute atomic E-state index is 0.0873. The first-order chi connectivity index (χ1) is 9.97.